The summed E-state index contributed by atoms with van der Waals surface area (Å²) < 4.78 is 29.7. The van der Waals surface area contributed by atoms with E-state index in [1.165, 1.54) is 30.3 Å². The molecule has 0 bridgehead atoms. The fraction of sp³-hybridized carbons (Fsp3) is 0.250. The Balaban J connectivity index is 2.31. The van der Waals surface area contributed by atoms with Gasteiger partial charge in [0.1, 0.15) is 4.90 Å². The monoisotopic (exact) mass is 339 g/mol. The third-order valence-electron chi connectivity index (χ3n) is 3.18. The minimum absolute atomic E-state index is 0.0518. The Morgan fingerprint density at radius 3 is 2.14 bits per heavy atom. The highest BCUT2D eigenvalue weighted by Gasteiger charge is 2.20. The summed E-state index contributed by atoms with van der Waals surface area (Å²) in [7, 11) is -3.93. The van der Waals surface area contributed by atoms with Crippen molar-refractivity contribution in [2.75, 3.05) is 5.73 Å². The number of hydrogen-bond donors (Lipinski definition) is 1. The van der Waals surface area contributed by atoms with Crippen LogP contribution in [-0.2, 0) is 15.5 Å². The highest BCUT2D eigenvalue weighted by atomic mass is 35.5. The van der Waals surface area contributed by atoms with Crippen LogP contribution in [0.15, 0.2) is 47.4 Å². The second-order valence-electron chi connectivity index (χ2n) is 5.99. The van der Waals surface area contributed by atoms with E-state index in [-0.39, 0.29) is 21.7 Å². The van der Waals surface area contributed by atoms with Gasteiger partial charge in [0.25, 0.3) is 0 Å². The van der Waals surface area contributed by atoms with Crippen molar-refractivity contribution in [3.8, 4) is 5.75 Å². The first-order valence-corrected chi connectivity index (χ1v) is 8.48. The molecule has 0 aliphatic heterocycles. The third-order valence-corrected chi connectivity index (χ3v) is 4.66. The summed E-state index contributed by atoms with van der Waals surface area (Å²) in [5, 5.41) is 0.414. The number of anilines is 1. The van der Waals surface area contributed by atoms with E-state index < -0.39 is 10.1 Å². The van der Waals surface area contributed by atoms with Crippen molar-refractivity contribution in [1.29, 1.82) is 0 Å². The van der Waals surface area contributed by atoms with E-state index in [9.17, 15) is 8.42 Å². The molecule has 0 aliphatic rings. The van der Waals surface area contributed by atoms with Gasteiger partial charge < -0.3 is 9.92 Å². The summed E-state index contributed by atoms with van der Waals surface area (Å²) in [6, 6.07) is 11.0. The Bertz CT molecular complexity index is 778. The second-order valence-corrected chi connectivity index (χ2v) is 7.98. The first-order chi connectivity index (χ1) is 10.1. The predicted octanol–water partition coefficient (Wildman–Crippen LogP) is 3.99. The molecule has 22 heavy (non-hydrogen) atoms. The van der Waals surface area contributed by atoms with E-state index in [2.05, 4.69) is 20.8 Å². The van der Waals surface area contributed by atoms with Crippen LogP contribution in [0.2, 0.25) is 5.02 Å². The molecule has 4 nitrogen and oxygen atoms in total. The van der Waals surface area contributed by atoms with Crippen molar-refractivity contribution in [2.24, 2.45) is 0 Å². The smallest absolute Gasteiger partial charge is 0.339 e. The van der Waals surface area contributed by atoms with Crippen LogP contribution in [0.1, 0.15) is 26.3 Å². The quantitative estimate of drug-likeness (QED) is 0.678. The average Bonchev–Trinajstić information content (AvgIpc) is 2.41. The summed E-state index contributed by atoms with van der Waals surface area (Å²) >= 11 is 5.78. The van der Waals surface area contributed by atoms with Crippen LogP contribution in [0.5, 0.6) is 5.75 Å². The van der Waals surface area contributed by atoms with Crippen LogP contribution in [0.3, 0.4) is 0 Å². The van der Waals surface area contributed by atoms with Gasteiger partial charge >= 0.3 is 10.1 Å². The largest absolute Gasteiger partial charge is 0.396 e. The average molecular weight is 340 g/mol. The lowest BCUT2D eigenvalue weighted by Crippen LogP contribution is -2.13. The van der Waals surface area contributed by atoms with E-state index in [1.807, 2.05) is 0 Å². The van der Waals surface area contributed by atoms with Crippen LogP contribution < -0.4 is 9.92 Å². The van der Waals surface area contributed by atoms with Gasteiger partial charge in [0.15, 0.2) is 5.75 Å². The Kier molecular flexibility index (Phi) is 4.40. The fourth-order valence-corrected chi connectivity index (χ4v) is 3.02. The lowest BCUT2D eigenvalue weighted by Gasteiger charge is -2.19. The van der Waals surface area contributed by atoms with E-state index in [0.29, 0.717) is 5.02 Å². The maximum atomic E-state index is 12.3. The lowest BCUT2D eigenvalue weighted by molar-refractivity contribution is 0.487. The fourth-order valence-electron chi connectivity index (χ4n) is 1.88. The van der Waals surface area contributed by atoms with Crippen LogP contribution in [-0.4, -0.2) is 8.42 Å². The first kappa shape index (κ1) is 16.6. The minimum atomic E-state index is -3.93. The van der Waals surface area contributed by atoms with Gasteiger partial charge in [-0.25, -0.2) is 0 Å². The summed E-state index contributed by atoms with van der Waals surface area (Å²) in [4.78, 5) is 0.0786. The molecule has 2 rings (SSSR count). The maximum absolute atomic E-state index is 12.3. The Morgan fingerprint density at radius 1 is 1.05 bits per heavy atom. The molecule has 0 amide bonds. The molecular weight excluding hydrogens is 322 g/mol. The molecule has 0 unspecified atom stereocenters. The number of halogens is 1. The summed E-state index contributed by atoms with van der Waals surface area (Å²) in [5.74, 6) is 0.0595. The molecule has 2 N–H and O–H groups in total. The molecule has 2 aromatic rings. The van der Waals surface area contributed by atoms with Gasteiger partial charge in [-0.3, -0.25) is 0 Å². The zero-order valence-corrected chi connectivity index (χ0v) is 14.2. The van der Waals surface area contributed by atoms with Crippen molar-refractivity contribution in [3.05, 3.63) is 53.1 Å². The standard InChI is InChI=1S/C16H18ClNO3S/c1-16(2,3)11-4-7-13(8-5-11)22(19,20)21-15-9-6-12(17)10-14(15)18/h4-10H,18H2,1-3H3. The second kappa shape index (κ2) is 5.82. The topological polar surface area (TPSA) is 69.4 Å². The highest BCUT2D eigenvalue weighted by Crippen LogP contribution is 2.29. The highest BCUT2D eigenvalue weighted by molar-refractivity contribution is 7.87. The molecule has 6 heteroatoms. The van der Waals surface area contributed by atoms with Crippen molar-refractivity contribution >= 4 is 27.4 Å². The summed E-state index contributed by atoms with van der Waals surface area (Å²) in [6.07, 6.45) is 0. The number of rotatable bonds is 3. The Morgan fingerprint density at radius 2 is 1.64 bits per heavy atom. The molecule has 0 radical (unpaired) electrons. The molecule has 2 aromatic carbocycles. The van der Waals surface area contributed by atoms with Gasteiger partial charge in [-0.05, 0) is 41.3 Å². The van der Waals surface area contributed by atoms with Gasteiger partial charge in [0, 0.05) is 5.02 Å². The first-order valence-electron chi connectivity index (χ1n) is 6.70. The lowest BCUT2D eigenvalue weighted by atomic mass is 9.87. The van der Waals surface area contributed by atoms with E-state index in [4.69, 9.17) is 21.5 Å². The van der Waals surface area contributed by atoms with Crippen LogP contribution >= 0.6 is 11.6 Å². The Labute approximate surface area is 136 Å². The number of nitrogen functional groups attached to an aromatic ring is 1. The normalized spacial score (nSPS) is 12.2. The molecule has 118 valence electrons. The summed E-state index contributed by atoms with van der Waals surface area (Å²) in [6.45, 7) is 6.17. The van der Waals surface area contributed by atoms with Crippen molar-refractivity contribution in [1.82, 2.24) is 0 Å². The van der Waals surface area contributed by atoms with Gasteiger partial charge in [-0.15, -0.1) is 0 Å². The molecule has 0 saturated carbocycles. The van der Waals surface area contributed by atoms with Crippen LogP contribution in [0, 0.1) is 0 Å². The van der Waals surface area contributed by atoms with Crippen LogP contribution in [0.4, 0.5) is 5.69 Å². The zero-order valence-electron chi connectivity index (χ0n) is 12.6. The van der Waals surface area contributed by atoms with Crippen molar-refractivity contribution in [3.63, 3.8) is 0 Å². The Hall–Kier alpha value is -1.72. The molecule has 0 heterocycles. The predicted molar refractivity (Wildman–Crippen MR) is 88.8 cm³/mol. The minimum Gasteiger partial charge on any atom is -0.396 e. The van der Waals surface area contributed by atoms with Crippen molar-refractivity contribution < 1.29 is 12.6 Å². The van der Waals surface area contributed by atoms with Crippen LogP contribution in [0.25, 0.3) is 0 Å². The van der Waals surface area contributed by atoms with Gasteiger partial charge in [0.2, 0.25) is 0 Å². The number of nitrogens with two attached hydrogens (primary N) is 1. The molecule has 0 aliphatic carbocycles. The maximum Gasteiger partial charge on any atom is 0.339 e. The van der Waals surface area contributed by atoms with Gasteiger partial charge in [-0.1, -0.05) is 44.5 Å². The molecule has 0 aromatic heterocycles. The summed E-state index contributed by atoms with van der Waals surface area (Å²) in [5.41, 5.74) is 6.87. The van der Waals surface area contributed by atoms with Gasteiger partial charge in [-0.2, -0.15) is 8.42 Å². The van der Waals surface area contributed by atoms with E-state index in [0.717, 1.165) is 5.56 Å². The SMILES string of the molecule is CC(C)(C)c1ccc(S(=O)(=O)Oc2ccc(Cl)cc2N)cc1. The molecular formula is C16H18ClNO3S. The molecule has 0 fully saturated rings. The molecule has 0 spiro atoms. The third kappa shape index (κ3) is 3.72. The number of hydrogen-bond acceptors (Lipinski definition) is 4. The van der Waals surface area contributed by atoms with Gasteiger partial charge in [0.05, 0.1) is 5.69 Å². The number of benzene rings is 2. The van der Waals surface area contributed by atoms with E-state index in [1.54, 1.807) is 12.1 Å². The van der Waals surface area contributed by atoms with E-state index >= 15 is 0 Å². The molecule has 0 atom stereocenters. The van der Waals surface area contributed by atoms with Crippen molar-refractivity contribution in [2.45, 2.75) is 31.1 Å². The zero-order chi connectivity index (χ0) is 16.5. The molecule has 0 saturated heterocycles.